The monoisotopic (exact) mass is 312 g/mol. The molecule has 2 unspecified atom stereocenters. The van der Waals surface area contributed by atoms with Gasteiger partial charge in [-0.05, 0) is 47.0 Å². The molecule has 96 valence electrons. The van der Waals surface area contributed by atoms with Crippen molar-refractivity contribution in [1.82, 2.24) is 4.90 Å². The van der Waals surface area contributed by atoms with Gasteiger partial charge in [-0.1, -0.05) is 0 Å². The normalized spacial score (nSPS) is 26.6. The number of amides is 1. The molecule has 5 heteroatoms. The number of nitrogens with one attached hydrogen (secondary N) is 1. The Balaban J connectivity index is 1.76. The summed E-state index contributed by atoms with van der Waals surface area (Å²) in [6, 6.07) is 5.37. The van der Waals surface area contributed by atoms with Gasteiger partial charge in [-0.3, -0.25) is 4.79 Å². The van der Waals surface area contributed by atoms with E-state index in [4.69, 9.17) is 0 Å². The maximum atomic E-state index is 13.4. The smallest absolute Gasteiger partial charge is 0.225 e. The van der Waals surface area contributed by atoms with Gasteiger partial charge in [0.2, 0.25) is 5.91 Å². The second-order valence-electron chi connectivity index (χ2n) is 4.88. The lowest BCUT2D eigenvalue weighted by Crippen LogP contribution is -2.34. The molecular formula is C13H14BrFN2O. The lowest BCUT2D eigenvalue weighted by molar-refractivity contribution is -0.127. The number of hydrogen-bond acceptors (Lipinski definition) is 2. The first-order chi connectivity index (χ1) is 8.65. The molecule has 2 atom stereocenters. The van der Waals surface area contributed by atoms with Crippen molar-refractivity contribution >= 4 is 27.5 Å². The molecule has 0 aliphatic carbocycles. The topological polar surface area (TPSA) is 32.3 Å². The van der Waals surface area contributed by atoms with Crippen LogP contribution in [-0.2, 0) is 4.79 Å². The molecule has 2 aliphatic rings. The van der Waals surface area contributed by atoms with Crippen molar-refractivity contribution in [3.8, 4) is 0 Å². The van der Waals surface area contributed by atoms with Gasteiger partial charge in [0.05, 0.1) is 16.6 Å². The molecule has 2 fully saturated rings. The lowest BCUT2D eigenvalue weighted by Gasteiger charge is -2.21. The van der Waals surface area contributed by atoms with E-state index in [-0.39, 0.29) is 23.8 Å². The average Bonchev–Trinajstić information content (AvgIpc) is 2.90. The molecule has 2 saturated heterocycles. The van der Waals surface area contributed by atoms with Crippen LogP contribution in [0.5, 0.6) is 0 Å². The number of halogens is 2. The summed E-state index contributed by atoms with van der Waals surface area (Å²) < 4.78 is 13.9. The number of benzene rings is 1. The Labute approximate surface area is 113 Å². The number of carbonyl (C=O) groups excluding carboxylic acids is 1. The molecule has 0 aromatic heterocycles. The number of rotatable bonds is 2. The van der Waals surface area contributed by atoms with Crippen molar-refractivity contribution in [1.29, 1.82) is 0 Å². The van der Waals surface area contributed by atoms with Crippen LogP contribution in [0.1, 0.15) is 19.3 Å². The van der Waals surface area contributed by atoms with E-state index in [0.29, 0.717) is 10.9 Å². The van der Waals surface area contributed by atoms with Crippen molar-refractivity contribution in [3.05, 3.63) is 28.5 Å². The Bertz CT molecular complexity index is 494. The van der Waals surface area contributed by atoms with E-state index < -0.39 is 0 Å². The zero-order chi connectivity index (χ0) is 12.7. The molecule has 1 amide bonds. The molecule has 2 aliphatic heterocycles. The van der Waals surface area contributed by atoms with Crippen LogP contribution >= 0.6 is 15.9 Å². The van der Waals surface area contributed by atoms with Gasteiger partial charge in [-0.25, -0.2) is 4.39 Å². The van der Waals surface area contributed by atoms with E-state index in [9.17, 15) is 9.18 Å². The quantitative estimate of drug-likeness (QED) is 0.910. The van der Waals surface area contributed by atoms with Crippen molar-refractivity contribution in [2.75, 3.05) is 11.9 Å². The van der Waals surface area contributed by atoms with Crippen LogP contribution in [0.3, 0.4) is 0 Å². The van der Waals surface area contributed by atoms with E-state index in [1.54, 1.807) is 6.07 Å². The average molecular weight is 313 g/mol. The second kappa shape index (κ2) is 4.53. The second-order valence-corrected chi connectivity index (χ2v) is 5.73. The molecule has 18 heavy (non-hydrogen) atoms. The van der Waals surface area contributed by atoms with Crippen molar-refractivity contribution in [3.63, 3.8) is 0 Å². The van der Waals surface area contributed by atoms with E-state index in [0.717, 1.165) is 25.1 Å². The van der Waals surface area contributed by atoms with Gasteiger partial charge in [-0.15, -0.1) is 0 Å². The van der Waals surface area contributed by atoms with Gasteiger partial charge in [0.15, 0.2) is 0 Å². The number of fused-ring (bicyclic) bond motifs is 1. The largest absolute Gasteiger partial charge is 0.380 e. The molecule has 0 saturated carbocycles. The van der Waals surface area contributed by atoms with Gasteiger partial charge in [-0.2, -0.15) is 0 Å². The standard InChI is InChI=1S/C13H14BrFN2O/c14-9-4-3-8(6-10(9)15)16-11-7-13(18)17-5-1-2-12(11)17/h3-4,6,11-12,16H,1-2,5,7H2. The summed E-state index contributed by atoms with van der Waals surface area (Å²) in [5.74, 6) is -0.0693. The summed E-state index contributed by atoms with van der Waals surface area (Å²) >= 11 is 3.13. The molecule has 0 spiro atoms. The molecule has 3 nitrogen and oxygen atoms in total. The number of carbonyl (C=O) groups is 1. The first-order valence-electron chi connectivity index (χ1n) is 6.16. The molecule has 0 bridgehead atoms. The number of anilines is 1. The fourth-order valence-corrected chi connectivity index (χ4v) is 3.16. The maximum absolute atomic E-state index is 13.4. The molecule has 0 radical (unpaired) electrons. The fraction of sp³-hybridized carbons (Fsp3) is 0.462. The van der Waals surface area contributed by atoms with E-state index in [2.05, 4.69) is 21.2 Å². The third-order valence-corrected chi connectivity index (χ3v) is 4.39. The predicted molar refractivity (Wildman–Crippen MR) is 70.9 cm³/mol. The summed E-state index contributed by atoms with van der Waals surface area (Å²) in [5, 5.41) is 3.29. The van der Waals surface area contributed by atoms with Crippen molar-refractivity contribution in [2.24, 2.45) is 0 Å². The van der Waals surface area contributed by atoms with Crippen LogP contribution in [0.4, 0.5) is 10.1 Å². The van der Waals surface area contributed by atoms with Crippen LogP contribution < -0.4 is 5.32 Å². The zero-order valence-corrected chi connectivity index (χ0v) is 11.4. The first-order valence-corrected chi connectivity index (χ1v) is 6.95. The van der Waals surface area contributed by atoms with Crippen molar-refractivity contribution < 1.29 is 9.18 Å². The lowest BCUT2D eigenvalue weighted by atomic mass is 10.1. The minimum Gasteiger partial charge on any atom is -0.380 e. The van der Waals surface area contributed by atoms with Crippen LogP contribution in [0.25, 0.3) is 0 Å². The minimum atomic E-state index is -0.285. The Morgan fingerprint density at radius 1 is 1.44 bits per heavy atom. The molecule has 1 N–H and O–H groups in total. The highest BCUT2D eigenvalue weighted by Gasteiger charge is 2.42. The van der Waals surface area contributed by atoms with Crippen LogP contribution in [0.2, 0.25) is 0 Å². The SMILES string of the molecule is O=C1CC(Nc2ccc(Br)c(F)c2)C2CCCN12. The predicted octanol–water partition coefficient (Wildman–Crippen LogP) is 2.76. The molecule has 3 rings (SSSR count). The highest BCUT2D eigenvalue weighted by Crippen LogP contribution is 2.31. The molecule has 1 aromatic carbocycles. The third kappa shape index (κ3) is 2.00. The summed E-state index contributed by atoms with van der Waals surface area (Å²) in [6.45, 7) is 0.871. The van der Waals surface area contributed by atoms with E-state index in [1.165, 1.54) is 6.07 Å². The Morgan fingerprint density at radius 2 is 2.28 bits per heavy atom. The number of hydrogen-bond donors (Lipinski definition) is 1. The Kier molecular flexibility index (Phi) is 3.01. The summed E-state index contributed by atoms with van der Waals surface area (Å²) in [4.78, 5) is 13.7. The third-order valence-electron chi connectivity index (χ3n) is 3.75. The molecule has 1 aromatic rings. The Hall–Kier alpha value is -1.10. The van der Waals surface area contributed by atoms with Gasteiger partial charge in [0, 0.05) is 18.7 Å². The van der Waals surface area contributed by atoms with Crippen LogP contribution in [0.15, 0.2) is 22.7 Å². The van der Waals surface area contributed by atoms with Gasteiger partial charge >= 0.3 is 0 Å². The molecular weight excluding hydrogens is 299 g/mol. The highest BCUT2D eigenvalue weighted by molar-refractivity contribution is 9.10. The maximum Gasteiger partial charge on any atom is 0.225 e. The fourth-order valence-electron chi connectivity index (χ4n) is 2.91. The van der Waals surface area contributed by atoms with Gasteiger partial charge in [0.25, 0.3) is 0 Å². The summed E-state index contributed by atoms with van der Waals surface area (Å²) in [7, 11) is 0. The highest BCUT2D eigenvalue weighted by atomic mass is 79.9. The minimum absolute atomic E-state index is 0.112. The van der Waals surface area contributed by atoms with E-state index in [1.807, 2.05) is 11.0 Å². The number of nitrogens with zero attached hydrogens (tertiary/aromatic N) is 1. The van der Waals surface area contributed by atoms with Crippen LogP contribution in [-0.4, -0.2) is 29.4 Å². The summed E-state index contributed by atoms with van der Waals surface area (Å²) in [5.41, 5.74) is 0.738. The van der Waals surface area contributed by atoms with Gasteiger partial charge in [0.1, 0.15) is 5.82 Å². The van der Waals surface area contributed by atoms with E-state index >= 15 is 0 Å². The summed E-state index contributed by atoms with van der Waals surface area (Å²) in [6.07, 6.45) is 2.63. The van der Waals surface area contributed by atoms with Crippen molar-refractivity contribution in [2.45, 2.75) is 31.3 Å². The van der Waals surface area contributed by atoms with Gasteiger partial charge < -0.3 is 10.2 Å². The molecule has 2 heterocycles. The zero-order valence-electron chi connectivity index (χ0n) is 9.83. The first kappa shape index (κ1) is 12.0. The Morgan fingerprint density at radius 3 is 3.06 bits per heavy atom. The van der Waals surface area contributed by atoms with Crippen LogP contribution in [0, 0.1) is 5.82 Å².